The van der Waals surface area contributed by atoms with Gasteiger partial charge in [0, 0.05) is 29.4 Å². The summed E-state index contributed by atoms with van der Waals surface area (Å²) in [5.41, 5.74) is 11.3. The van der Waals surface area contributed by atoms with Crippen molar-refractivity contribution >= 4 is 94.1 Å². The van der Waals surface area contributed by atoms with Gasteiger partial charge in [-0.1, -0.05) is 23.5 Å². The van der Waals surface area contributed by atoms with E-state index in [2.05, 4.69) is 35.9 Å². The van der Waals surface area contributed by atoms with E-state index in [1.165, 1.54) is 0 Å². The van der Waals surface area contributed by atoms with E-state index in [4.69, 9.17) is 30.4 Å². The maximum Gasteiger partial charge on any atom is 0.328 e. The van der Waals surface area contributed by atoms with Crippen molar-refractivity contribution in [2.24, 2.45) is 11.5 Å². The highest BCUT2D eigenvalue weighted by molar-refractivity contribution is 8.14. The van der Waals surface area contributed by atoms with Gasteiger partial charge in [0.1, 0.15) is 21.8 Å². The maximum absolute atomic E-state index is 13.4. The van der Waals surface area contributed by atoms with Gasteiger partial charge in [-0.2, -0.15) is 25.3 Å². The summed E-state index contributed by atoms with van der Waals surface area (Å²) in [6, 6.07) is -3.79. The lowest BCUT2D eigenvalue weighted by molar-refractivity contribution is -0.143. The van der Waals surface area contributed by atoms with Gasteiger partial charge < -0.3 is 41.0 Å². The summed E-state index contributed by atoms with van der Waals surface area (Å²) in [4.78, 5) is 75.7. The molecule has 0 spiro atoms. The van der Waals surface area contributed by atoms with Crippen LogP contribution in [0.1, 0.15) is 38.6 Å². The smallest absolute Gasteiger partial charge is 0.328 e. The summed E-state index contributed by atoms with van der Waals surface area (Å²) in [6.45, 7) is 0.389. The van der Waals surface area contributed by atoms with E-state index in [-0.39, 0.29) is 80.6 Å². The second-order valence-corrected chi connectivity index (χ2v) is 13.0. The van der Waals surface area contributed by atoms with E-state index >= 15 is 0 Å². The Morgan fingerprint density at radius 2 is 1.18 bits per heavy atom. The van der Waals surface area contributed by atoms with Crippen LogP contribution >= 0.6 is 60.1 Å². The van der Waals surface area contributed by atoms with E-state index in [1.807, 2.05) is 0 Å². The van der Waals surface area contributed by atoms with E-state index in [0.717, 1.165) is 49.1 Å². The van der Waals surface area contributed by atoms with E-state index < -0.39 is 47.9 Å². The molecule has 1 aromatic rings. The van der Waals surface area contributed by atoms with Gasteiger partial charge in [-0.05, 0) is 12.8 Å². The van der Waals surface area contributed by atoms with Crippen molar-refractivity contribution in [1.29, 1.82) is 0 Å². The Balaban J connectivity index is 2.25. The number of ether oxygens (including phenoxy) is 4. The zero-order valence-electron chi connectivity index (χ0n) is 24.0. The lowest BCUT2D eigenvalue weighted by Crippen LogP contribution is -2.42. The second-order valence-electron chi connectivity index (χ2n) is 9.06. The fourth-order valence-electron chi connectivity index (χ4n) is 3.52. The van der Waals surface area contributed by atoms with Gasteiger partial charge >= 0.3 is 11.9 Å². The molecule has 6 N–H and O–H groups in total. The lowest BCUT2D eigenvalue weighted by Gasteiger charge is -2.16. The monoisotopic (exact) mass is 712 g/mol. The van der Waals surface area contributed by atoms with Crippen molar-refractivity contribution in [3.8, 4) is 11.5 Å². The average molecular weight is 713 g/mol. The average Bonchev–Trinajstić information content (AvgIpc) is 3.22. The molecule has 2 amide bonds. The van der Waals surface area contributed by atoms with E-state index in [9.17, 15) is 28.8 Å². The molecule has 246 valence electrons. The van der Waals surface area contributed by atoms with Crippen molar-refractivity contribution in [3.05, 3.63) is 9.75 Å². The first-order valence-electron chi connectivity index (χ1n) is 13.2. The zero-order chi connectivity index (χ0) is 32.8. The third-order valence-corrected chi connectivity index (χ3v) is 9.89. The van der Waals surface area contributed by atoms with Gasteiger partial charge in [0.15, 0.2) is 11.5 Å². The van der Waals surface area contributed by atoms with Crippen LogP contribution in [0, 0.1) is 0 Å². The summed E-state index contributed by atoms with van der Waals surface area (Å²) >= 11 is 10.6. The number of esters is 2. The fraction of sp³-hybridized carbons (Fsp3) is 0.600. The van der Waals surface area contributed by atoms with E-state index in [1.54, 1.807) is 0 Å². The Kier molecular flexibility index (Phi) is 16.7. The molecule has 0 aromatic carbocycles. The predicted molar refractivity (Wildman–Crippen MR) is 174 cm³/mol. The molecule has 4 atom stereocenters. The summed E-state index contributed by atoms with van der Waals surface area (Å²) in [5.74, 6) is -2.29. The normalized spacial score (nSPS) is 15.1. The number of nitrogens with two attached hydrogens (primary N) is 2. The molecule has 19 heteroatoms. The highest BCUT2D eigenvalue weighted by Crippen LogP contribution is 2.43. The molecule has 1 aromatic heterocycles. The summed E-state index contributed by atoms with van der Waals surface area (Å²) in [5, 5.41) is 4.54. The second kappa shape index (κ2) is 19.4. The van der Waals surface area contributed by atoms with Gasteiger partial charge in [0.05, 0.1) is 39.5 Å². The summed E-state index contributed by atoms with van der Waals surface area (Å²) in [6.07, 6.45) is 0.565. The third-order valence-electron chi connectivity index (χ3n) is 5.90. The number of fused-ring (bicyclic) bond motifs is 1. The zero-order valence-corrected chi connectivity index (χ0v) is 28.3. The molecule has 0 bridgehead atoms. The van der Waals surface area contributed by atoms with Crippen LogP contribution in [0.25, 0.3) is 0 Å². The number of hydrogen-bond donors (Lipinski definition) is 6. The van der Waals surface area contributed by atoms with Gasteiger partial charge in [0.2, 0.25) is 10.2 Å². The number of carbonyl (C=O) groups excluding carboxylic acids is 6. The molecule has 2 rings (SSSR count). The Morgan fingerprint density at radius 1 is 0.795 bits per heavy atom. The van der Waals surface area contributed by atoms with Crippen molar-refractivity contribution in [2.75, 3.05) is 50.4 Å². The minimum Gasteiger partial charge on any atom is -0.488 e. The Hall–Kier alpha value is -2.16. The van der Waals surface area contributed by atoms with Crippen molar-refractivity contribution in [2.45, 2.75) is 43.4 Å². The number of hydrogen-bond acceptors (Lipinski definition) is 17. The van der Waals surface area contributed by atoms with Gasteiger partial charge in [-0.15, -0.1) is 11.3 Å². The minimum absolute atomic E-state index is 0.0135. The summed E-state index contributed by atoms with van der Waals surface area (Å²) in [7, 11) is 2.32. The number of nitrogens with one attached hydrogen (secondary N) is 2. The quantitative estimate of drug-likeness (QED) is 0.100. The lowest BCUT2D eigenvalue weighted by atomic mass is 10.2. The molecule has 1 aliphatic heterocycles. The standard InChI is InChI=1S/C25H36N4O10S5/c1-36-22(32)14(4-8-42-24(34)12(26)10-40)28-20(30)18-16-17(39-7-3-6-38-16)19(44-18)21(31)29-15(23(33)37-2)5-9-43-25(35)13(27)11-41/h12-15,40-41H,3-11,26-27H2,1-2H3,(H,28,30)(H,29,31)/t12-,13-,14?,15?/m0/s1. The molecule has 0 saturated carbocycles. The number of rotatable bonds is 16. The van der Waals surface area contributed by atoms with Crippen LogP contribution in [0.3, 0.4) is 0 Å². The molecule has 14 nitrogen and oxygen atoms in total. The molecule has 44 heavy (non-hydrogen) atoms. The van der Waals surface area contributed by atoms with Crippen LogP contribution in [-0.4, -0.2) is 109 Å². The van der Waals surface area contributed by atoms with Crippen LogP contribution in [0.15, 0.2) is 0 Å². The molecule has 0 radical (unpaired) electrons. The molecular formula is C25H36N4O10S5. The molecule has 0 aliphatic carbocycles. The molecule has 2 unspecified atom stereocenters. The largest absolute Gasteiger partial charge is 0.488 e. The van der Waals surface area contributed by atoms with Crippen LogP contribution in [0.4, 0.5) is 0 Å². The maximum atomic E-state index is 13.4. The van der Waals surface area contributed by atoms with Crippen molar-refractivity contribution < 1.29 is 47.7 Å². The number of thiol groups is 2. The Bertz CT molecular complexity index is 1110. The Labute approximate surface area is 277 Å². The highest BCUT2D eigenvalue weighted by atomic mass is 32.2. The van der Waals surface area contributed by atoms with Crippen LogP contribution in [0.5, 0.6) is 11.5 Å². The van der Waals surface area contributed by atoms with Crippen LogP contribution in [-0.2, 0) is 28.7 Å². The number of thioether (sulfide) groups is 2. The predicted octanol–water partition coefficient (Wildman–Crippen LogP) is 0.266. The van der Waals surface area contributed by atoms with Crippen molar-refractivity contribution in [1.82, 2.24) is 10.6 Å². The molecular weight excluding hydrogens is 677 g/mol. The first-order chi connectivity index (χ1) is 21.0. The number of carbonyl (C=O) groups is 6. The summed E-state index contributed by atoms with van der Waals surface area (Å²) < 4.78 is 21.1. The molecule has 1 aliphatic rings. The van der Waals surface area contributed by atoms with Crippen LogP contribution < -0.4 is 31.6 Å². The SMILES string of the molecule is COC(=O)C(CCSC(=O)[C@@H](N)CS)NC(=O)c1sc(C(=O)NC(CCSC(=O)[C@@H](N)CS)C(=O)OC)c2c1OCCCO2. The number of amides is 2. The van der Waals surface area contributed by atoms with Crippen molar-refractivity contribution in [3.63, 3.8) is 0 Å². The van der Waals surface area contributed by atoms with Gasteiger partial charge in [0.25, 0.3) is 11.8 Å². The van der Waals surface area contributed by atoms with Gasteiger partial charge in [-0.3, -0.25) is 19.2 Å². The topological polar surface area (TPSA) is 215 Å². The fourth-order valence-corrected chi connectivity index (χ4v) is 6.80. The van der Waals surface area contributed by atoms with E-state index in [0.29, 0.717) is 6.42 Å². The first kappa shape index (κ1) is 38.0. The third kappa shape index (κ3) is 11.0. The minimum atomic E-state index is -1.12. The number of methoxy groups -OCH3 is 2. The molecule has 0 saturated heterocycles. The number of thiophene rings is 1. The van der Waals surface area contributed by atoms with Gasteiger partial charge in [-0.25, -0.2) is 9.59 Å². The Morgan fingerprint density at radius 3 is 1.52 bits per heavy atom. The molecule has 0 fully saturated rings. The highest BCUT2D eigenvalue weighted by Gasteiger charge is 2.34. The van der Waals surface area contributed by atoms with Crippen LogP contribution in [0.2, 0.25) is 0 Å². The molecule has 2 heterocycles. The first-order valence-corrected chi connectivity index (χ1v) is 17.3.